The highest BCUT2D eigenvalue weighted by Crippen LogP contribution is 2.25. The van der Waals surface area contributed by atoms with Gasteiger partial charge in [0.05, 0.1) is 18.5 Å². The molecule has 1 heterocycles. The fraction of sp³-hybridized carbons (Fsp3) is 0.533. The van der Waals surface area contributed by atoms with Crippen molar-refractivity contribution in [1.29, 1.82) is 0 Å². The fourth-order valence-corrected chi connectivity index (χ4v) is 2.97. The third-order valence-electron chi connectivity index (χ3n) is 3.27. The van der Waals surface area contributed by atoms with Crippen molar-refractivity contribution < 1.29 is 14.3 Å². The van der Waals surface area contributed by atoms with E-state index in [2.05, 4.69) is 5.32 Å². The molecule has 1 aliphatic rings. The Bertz CT molecular complexity index is 429. The molecule has 0 saturated carbocycles. The van der Waals surface area contributed by atoms with Gasteiger partial charge in [0.1, 0.15) is 5.75 Å². The molecule has 1 amide bonds. The number of ether oxygens (including phenoxy) is 2. The van der Waals surface area contributed by atoms with Gasteiger partial charge in [0.25, 0.3) is 0 Å². The lowest BCUT2D eigenvalue weighted by atomic mass is 10.2. The minimum absolute atomic E-state index is 0.0568. The zero-order valence-corrected chi connectivity index (χ0v) is 12.7. The van der Waals surface area contributed by atoms with Crippen LogP contribution in [0.15, 0.2) is 29.2 Å². The highest BCUT2D eigenvalue weighted by molar-refractivity contribution is 8.00. The van der Waals surface area contributed by atoms with Gasteiger partial charge in [-0.15, -0.1) is 11.8 Å². The minimum atomic E-state index is -0.121. The Morgan fingerprint density at radius 1 is 1.50 bits per heavy atom. The van der Waals surface area contributed by atoms with Gasteiger partial charge in [-0.1, -0.05) is 0 Å². The molecule has 1 N–H and O–H groups in total. The van der Waals surface area contributed by atoms with Crippen molar-refractivity contribution in [2.24, 2.45) is 0 Å². The Morgan fingerprint density at radius 2 is 2.25 bits per heavy atom. The molecule has 110 valence electrons. The lowest BCUT2D eigenvalue weighted by Crippen LogP contribution is -2.36. The Labute approximate surface area is 124 Å². The predicted molar refractivity (Wildman–Crippen MR) is 80.3 cm³/mol. The standard InChI is InChI=1S/C15H21NO3S/c1-11(15(17)16-10-13-4-3-9-19-13)20-14-7-5-12(18-2)6-8-14/h5-8,11,13H,3-4,9-10H2,1-2H3,(H,16,17)/t11-,13-/m1/s1. The summed E-state index contributed by atoms with van der Waals surface area (Å²) in [4.78, 5) is 13.1. The molecule has 0 bridgehead atoms. The van der Waals surface area contributed by atoms with Gasteiger partial charge in [0, 0.05) is 18.0 Å². The van der Waals surface area contributed by atoms with Crippen LogP contribution in [-0.4, -0.2) is 37.5 Å². The zero-order valence-electron chi connectivity index (χ0n) is 11.9. The predicted octanol–water partition coefficient (Wildman–Crippen LogP) is 2.47. The number of thioether (sulfide) groups is 1. The molecular weight excluding hydrogens is 274 g/mol. The van der Waals surface area contributed by atoms with Crippen LogP contribution >= 0.6 is 11.8 Å². The number of hydrogen-bond donors (Lipinski definition) is 1. The van der Waals surface area contributed by atoms with Crippen LogP contribution in [0.1, 0.15) is 19.8 Å². The molecule has 1 aromatic carbocycles. The molecule has 0 aromatic heterocycles. The van der Waals surface area contributed by atoms with Crippen LogP contribution in [0.25, 0.3) is 0 Å². The molecule has 4 nitrogen and oxygen atoms in total. The van der Waals surface area contributed by atoms with Gasteiger partial charge in [-0.2, -0.15) is 0 Å². The summed E-state index contributed by atoms with van der Waals surface area (Å²) < 4.78 is 10.6. The Balaban J connectivity index is 1.77. The van der Waals surface area contributed by atoms with Crippen molar-refractivity contribution in [3.63, 3.8) is 0 Å². The van der Waals surface area contributed by atoms with E-state index in [9.17, 15) is 4.79 Å². The van der Waals surface area contributed by atoms with Gasteiger partial charge in [0.15, 0.2) is 0 Å². The van der Waals surface area contributed by atoms with Crippen LogP contribution in [0.3, 0.4) is 0 Å². The summed E-state index contributed by atoms with van der Waals surface area (Å²) in [5.41, 5.74) is 0. The van der Waals surface area contributed by atoms with Crippen molar-refractivity contribution in [2.75, 3.05) is 20.3 Å². The fourth-order valence-electron chi connectivity index (χ4n) is 2.08. The highest BCUT2D eigenvalue weighted by atomic mass is 32.2. The normalized spacial score (nSPS) is 19.6. The first kappa shape index (κ1) is 15.2. The molecule has 2 atom stereocenters. The third kappa shape index (κ3) is 4.42. The van der Waals surface area contributed by atoms with Gasteiger partial charge >= 0.3 is 0 Å². The maximum atomic E-state index is 12.0. The summed E-state index contributed by atoms with van der Waals surface area (Å²) in [5.74, 6) is 0.881. The molecule has 0 aliphatic carbocycles. The van der Waals surface area contributed by atoms with E-state index in [1.807, 2.05) is 31.2 Å². The molecule has 1 fully saturated rings. The van der Waals surface area contributed by atoms with Gasteiger partial charge in [-0.25, -0.2) is 0 Å². The van der Waals surface area contributed by atoms with E-state index < -0.39 is 0 Å². The van der Waals surface area contributed by atoms with Crippen molar-refractivity contribution >= 4 is 17.7 Å². The number of hydrogen-bond acceptors (Lipinski definition) is 4. The number of carbonyl (C=O) groups is 1. The second-order valence-electron chi connectivity index (χ2n) is 4.82. The van der Waals surface area contributed by atoms with Crippen LogP contribution in [0.2, 0.25) is 0 Å². The first-order chi connectivity index (χ1) is 9.69. The molecule has 5 heteroatoms. The van der Waals surface area contributed by atoms with Crippen molar-refractivity contribution in [3.8, 4) is 5.75 Å². The van der Waals surface area contributed by atoms with Crippen LogP contribution in [-0.2, 0) is 9.53 Å². The molecule has 0 unspecified atom stereocenters. The van der Waals surface area contributed by atoms with E-state index >= 15 is 0 Å². The van der Waals surface area contributed by atoms with Crippen LogP contribution in [0.4, 0.5) is 0 Å². The first-order valence-electron chi connectivity index (χ1n) is 6.89. The second kappa shape index (κ2) is 7.55. The smallest absolute Gasteiger partial charge is 0.233 e. The molecule has 20 heavy (non-hydrogen) atoms. The maximum Gasteiger partial charge on any atom is 0.233 e. The minimum Gasteiger partial charge on any atom is -0.497 e. The van der Waals surface area contributed by atoms with E-state index in [0.717, 1.165) is 30.1 Å². The summed E-state index contributed by atoms with van der Waals surface area (Å²) in [7, 11) is 1.64. The van der Waals surface area contributed by atoms with Gasteiger partial charge in [0.2, 0.25) is 5.91 Å². The topological polar surface area (TPSA) is 47.6 Å². The largest absolute Gasteiger partial charge is 0.497 e. The van der Waals surface area contributed by atoms with E-state index in [1.54, 1.807) is 18.9 Å². The van der Waals surface area contributed by atoms with Crippen LogP contribution in [0.5, 0.6) is 5.75 Å². The van der Waals surface area contributed by atoms with Gasteiger partial charge < -0.3 is 14.8 Å². The van der Waals surface area contributed by atoms with Crippen molar-refractivity contribution in [2.45, 2.75) is 36.0 Å². The first-order valence-corrected chi connectivity index (χ1v) is 7.77. The molecule has 1 aromatic rings. The maximum absolute atomic E-state index is 12.0. The van der Waals surface area contributed by atoms with Gasteiger partial charge in [-0.05, 0) is 44.0 Å². The average Bonchev–Trinajstić information content (AvgIpc) is 2.98. The Kier molecular flexibility index (Phi) is 5.73. The van der Waals surface area contributed by atoms with Crippen molar-refractivity contribution in [3.05, 3.63) is 24.3 Å². The number of rotatable bonds is 6. The Hall–Kier alpha value is -1.20. The summed E-state index contributed by atoms with van der Waals surface area (Å²) in [6, 6.07) is 7.74. The molecular formula is C15H21NO3S. The SMILES string of the molecule is COc1ccc(S[C@H](C)C(=O)NC[C@H]2CCCO2)cc1. The summed E-state index contributed by atoms with van der Waals surface area (Å²) in [5, 5.41) is 2.84. The molecule has 1 saturated heterocycles. The van der Waals surface area contributed by atoms with E-state index in [-0.39, 0.29) is 17.3 Å². The van der Waals surface area contributed by atoms with E-state index in [0.29, 0.717) is 6.54 Å². The second-order valence-corrected chi connectivity index (χ2v) is 6.23. The molecule has 1 aliphatic heterocycles. The molecule has 2 rings (SSSR count). The Morgan fingerprint density at radius 3 is 2.85 bits per heavy atom. The van der Waals surface area contributed by atoms with Crippen LogP contribution < -0.4 is 10.1 Å². The van der Waals surface area contributed by atoms with Crippen molar-refractivity contribution in [1.82, 2.24) is 5.32 Å². The number of amides is 1. The van der Waals surface area contributed by atoms with Gasteiger partial charge in [-0.3, -0.25) is 4.79 Å². The number of benzene rings is 1. The van der Waals surface area contributed by atoms with E-state index in [1.165, 1.54) is 0 Å². The quantitative estimate of drug-likeness (QED) is 0.819. The number of methoxy groups -OCH3 is 1. The third-order valence-corrected chi connectivity index (χ3v) is 4.38. The molecule has 0 spiro atoms. The van der Waals surface area contributed by atoms with E-state index in [4.69, 9.17) is 9.47 Å². The zero-order chi connectivity index (χ0) is 14.4. The summed E-state index contributed by atoms with van der Waals surface area (Å²) in [6.45, 7) is 3.35. The average molecular weight is 295 g/mol. The van der Waals surface area contributed by atoms with Crippen LogP contribution in [0, 0.1) is 0 Å². The molecule has 0 radical (unpaired) electrons. The highest BCUT2D eigenvalue weighted by Gasteiger charge is 2.19. The monoisotopic (exact) mass is 295 g/mol. The summed E-state index contributed by atoms with van der Waals surface area (Å²) >= 11 is 1.54. The lowest BCUT2D eigenvalue weighted by molar-refractivity contribution is -0.120. The number of carbonyl (C=O) groups excluding carboxylic acids is 1. The number of nitrogens with one attached hydrogen (secondary N) is 1. The lowest BCUT2D eigenvalue weighted by Gasteiger charge is -2.14. The summed E-state index contributed by atoms with van der Waals surface area (Å²) in [6.07, 6.45) is 2.33.